The van der Waals surface area contributed by atoms with Crippen LogP contribution >= 0.6 is 0 Å². The fourth-order valence-electron chi connectivity index (χ4n) is 2.69. The smallest absolute Gasteiger partial charge is 0.262 e. The molecular formula is C15H21N3O3. The van der Waals surface area contributed by atoms with Crippen LogP contribution in [0.1, 0.15) is 11.7 Å². The van der Waals surface area contributed by atoms with Gasteiger partial charge < -0.3 is 20.1 Å². The minimum atomic E-state index is -0.558. The molecule has 0 bridgehead atoms. The van der Waals surface area contributed by atoms with Crippen molar-refractivity contribution in [3.05, 3.63) is 23.8 Å². The summed E-state index contributed by atoms with van der Waals surface area (Å²) in [4.78, 5) is 15.9. The molecule has 1 saturated heterocycles. The number of anilines is 1. The Morgan fingerprint density at radius 3 is 2.86 bits per heavy atom. The number of ether oxygens (including phenoxy) is 1. The molecule has 0 spiro atoms. The Morgan fingerprint density at radius 1 is 1.33 bits per heavy atom. The monoisotopic (exact) mass is 291 g/mol. The number of nitrogens with zero attached hydrogens (tertiary/aromatic N) is 2. The lowest BCUT2D eigenvalue weighted by Crippen LogP contribution is -2.45. The molecule has 0 radical (unpaired) electrons. The molecule has 6 heteroatoms. The van der Waals surface area contributed by atoms with E-state index >= 15 is 0 Å². The number of hydrogen-bond donors (Lipinski definition) is 2. The van der Waals surface area contributed by atoms with Gasteiger partial charge in [-0.25, -0.2) is 0 Å². The molecule has 2 N–H and O–H groups in total. The van der Waals surface area contributed by atoms with Crippen LogP contribution in [0.5, 0.6) is 5.75 Å². The van der Waals surface area contributed by atoms with Crippen LogP contribution in [0, 0.1) is 0 Å². The van der Waals surface area contributed by atoms with E-state index in [0.717, 1.165) is 31.7 Å². The van der Waals surface area contributed by atoms with Crippen LogP contribution < -0.4 is 10.1 Å². The van der Waals surface area contributed by atoms with E-state index in [2.05, 4.69) is 22.2 Å². The largest absolute Gasteiger partial charge is 0.482 e. The first-order valence-corrected chi connectivity index (χ1v) is 7.27. The third kappa shape index (κ3) is 3.34. The van der Waals surface area contributed by atoms with Gasteiger partial charge in [0.05, 0.1) is 11.8 Å². The number of β-amino-alcohol motifs (C(OH)–C–C–N with tert-alkyl or cyclic N) is 1. The molecule has 2 aliphatic heterocycles. The van der Waals surface area contributed by atoms with Gasteiger partial charge in [-0.05, 0) is 24.7 Å². The van der Waals surface area contributed by atoms with Crippen molar-refractivity contribution in [2.45, 2.75) is 6.10 Å². The number of piperazine rings is 1. The number of nitrogens with one attached hydrogen (secondary N) is 1. The number of carbonyl (C=O) groups excluding carboxylic acids is 1. The highest BCUT2D eigenvalue weighted by Crippen LogP contribution is 2.30. The lowest BCUT2D eigenvalue weighted by atomic mass is 10.1. The molecule has 1 unspecified atom stereocenters. The molecule has 1 aromatic rings. The highest BCUT2D eigenvalue weighted by molar-refractivity contribution is 5.95. The zero-order valence-corrected chi connectivity index (χ0v) is 12.2. The van der Waals surface area contributed by atoms with Crippen LogP contribution in [0.25, 0.3) is 0 Å². The van der Waals surface area contributed by atoms with E-state index in [4.69, 9.17) is 4.74 Å². The lowest BCUT2D eigenvalue weighted by Gasteiger charge is -2.33. The third-order valence-electron chi connectivity index (χ3n) is 4.05. The minimum Gasteiger partial charge on any atom is -0.482 e. The van der Waals surface area contributed by atoms with Gasteiger partial charge in [-0.2, -0.15) is 0 Å². The lowest BCUT2D eigenvalue weighted by molar-refractivity contribution is -0.118. The maximum Gasteiger partial charge on any atom is 0.262 e. The van der Waals surface area contributed by atoms with Crippen molar-refractivity contribution in [2.24, 2.45) is 0 Å². The number of hydrogen-bond acceptors (Lipinski definition) is 5. The summed E-state index contributed by atoms with van der Waals surface area (Å²) in [6, 6.07) is 5.46. The molecule has 0 aliphatic carbocycles. The predicted molar refractivity (Wildman–Crippen MR) is 79.5 cm³/mol. The molecule has 1 atom stereocenters. The Balaban J connectivity index is 1.66. The molecular weight excluding hydrogens is 270 g/mol. The summed E-state index contributed by atoms with van der Waals surface area (Å²) in [5.41, 5.74) is 1.44. The van der Waals surface area contributed by atoms with Gasteiger partial charge in [0.1, 0.15) is 5.75 Å². The zero-order valence-electron chi connectivity index (χ0n) is 12.2. The number of aliphatic hydroxyl groups is 1. The van der Waals surface area contributed by atoms with Gasteiger partial charge >= 0.3 is 0 Å². The first kappa shape index (κ1) is 14.3. The number of amides is 1. The normalized spacial score (nSPS) is 21.3. The Morgan fingerprint density at radius 2 is 2.10 bits per heavy atom. The maximum atomic E-state index is 11.3. The number of rotatable bonds is 3. The van der Waals surface area contributed by atoms with Gasteiger partial charge in [0.25, 0.3) is 5.91 Å². The molecule has 1 amide bonds. The number of fused-ring (bicyclic) bond motifs is 1. The molecule has 3 rings (SSSR count). The van der Waals surface area contributed by atoms with Crippen LogP contribution in [0.3, 0.4) is 0 Å². The van der Waals surface area contributed by atoms with E-state index in [0.29, 0.717) is 18.0 Å². The topological polar surface area (TPSA) is 65.0 Å². The van der Waals surface area contributed by atoms with E-state index in [1.807, 2.05) is 6.07 Å². The molecule has 1 aromatic carbocycles. The summed E-state index contributed by atoms with van der Waals surface area (Å²) in [5.74, 6) is 0.498. The molecule has 21 heavy (non-hydrogen) atoms. The second-order valence-electron chi connectivity index (χ2n) is 5.71. The Hall–Kier alpha value is -1.63. The predicted octanol–water partition coefficient (Wildman–Crippen LogP) is 0.298. The zero-order chi connectivity index (χ0) is 14.8. The molecule has 0 aromatic heterocycles. The molecule has 2 aliphatic rings. The van der Waals surface area contributed by atoms with Gasteiger partial charge in [0.2, 0.25) is 0 Å². The van der Waals surface area contributed by atoms with Crippen molar-refractivity contribution in [1.29, 1.82) is 0 Å². The van der Waals surface area contributed by atoms with E-state index in [1.54, 1.807) is 12.1 Å². The van der Waals surface area contributed by atoms with Gasteiger partial charge in [0.15, 0.2) is 6.61 Å². The van der Waals surface area contributed by atoms with E-state index < -0.39 is 6.10 Å². The number of benzene rings is 1. The van der Waals surface area contributed by atoms with E-state index in [9.17, 15) is 9.90 Å². The number of aliphatic hydroxyl groups excluding tert-OH is 1. The van der Waals surface area contributed by atoms with Crippen molar-refractivity contribution < 1.29 is 14.6 Å². The molecule has 114 valence electrons. The second kappa shape index (κ2) is 6.01. The van der Waals surface area contributed by atoms with Gasteiger partial charge in [0, 0.05) is 32.7 Å². The maximum absolute atomic E-state index is 11.3. The standard InChI is InChI=1S/C15H21N3O3/c1-17-4-6-18(7-5-17)9-13(19)11-2-3-14-12(8-11)16-15(20)10-21-14/h2-3,8,13,19H,4-7,9-10H2,1H3,(H,16,20). The number of carbonyl (C=O) groups is 1. The van der Waals surface area contributed by atoms with Crippen molar-refractivity contribution >= 4 is 11.6 Å². The van der Waals surface area contributed by atoms with E-state index in [1.165, 1.54) is 0 Å². The Kier molecular flexibility index (Phi) is 4.10. The fraction of sp³-hybridized carbons (Fsp3) is 0.533. The average Bonchev–Trinajstić information content (AvgIpc) is 2.48. The molecule has 6 nitrogen and oxygen atoms in total. The first-order valence-electron chi connectivity index (χ1n) is 7.27. The fourth-order valence-corrected chi connectivity index (χ4v) is 2.69. The van der Waals surface area contributed by atoms with Crippen LogP contribution in [-0.2, 0) is 4.79 Å². The van der Waals surface area contributed by atoms with Gasteiger partial charge in [-0.1, -0.05) is 6.07 Å². The molecule has 1 fully saturated rings. The summed E-state index contributed by atoms with van der Waals surface area (Å²) in [6.07, 6.45) is -0.558. The summed E-state index contributed by atoms with van der Waals surface area (Å²) in [7, 11) is 2.11. The van der Waals surface area contributed by atoms with Crippen LogP contribution in [0.2, 0.25) is 0 Å². The minimum absolute atomic E-state index is 0.0518. The summed E-state index contributed by atoms with van der Waals surface area (Å²) < 4.78 is 5.32. The first-order chi connectivity index (χ1) is 10.1. The highest BCUT2D eigenvalue weighted by Gasteiger charge is 2.21. The van der Waals surface area contributed by atoms with Crippen LogP contribution in [-0.4, -0.2) is 67.2 Å². The quantitative estimate of drug-likeness (QED) is 0.838. The second-order valence-corrected chi connectivity index (χ2v) is 5.71. The van der Waals surface area contributed by atoms with Crippen molar-refractivity contribution in [3.8, 4) is 5.75 Å². The van der Waals surface area contributed by atoms with Crippen molar-refractivity contribution in [3.63, 3.8) is 0 Å². The van der Waals surface area contributed by atoms with E-state index in [-0.39, 0.29) is 12.5 Å². The molecule has 2 heterocycles. The van der Waals surface area contributed by atoms with Gasteiger partial charge in [-0.15, -0.1) is 0 Å². The Bertz CT molecular complexity index is 527. The molecule has 0 saturated carbocycles. The van der Waals surface area contributed by atoms with Crippen molar-refractivity contribution in [1.82, 2.24) is 9.80 Å². The third-order valence-corrected chi connectivity index (χ3v) is 4.05. The summed E-state index contributed by atoms with van der Waals surface area (Å²) >= 11 is 0. The van der Waals surface area contributed by atoms with Crippen molar-refractivity contribution in [2.75, 3.05) is 51.7 Å². The van der Waals surface area contributed by atoms with Crippen LogP contribution in [0.15, 0.2) is 18.2 Å². The summed E-state index contributed by atoms with van der Waals surface area (Å²) in [5, 5.41) is 13.2. The van der Waals surface area contributed by atoms with Gasteiger partial charge in [-0.3, -0.25) is 9.69 Å². The SMILES string of the molecule is CN1CCN(CC(O)c2ccc3c(c2)NC(=O)CO3)CC1. The number of likely N-dealkylation sites (N-methyl/N-ethyl adjacent to an activating group) is 1. The Labute approximate surface area is 124 Å². The average molecular weight is 291 g/mol. The van der Waals surface area contributed by atoms with Crippen LogP contribution in [0.4, 0.5) is 5.69 Å². The highest BCUT2D eigenvalue weighted by atomic mass is 16.5. The summed E-state index contributed by atoms with van der Waals surface area (Å²) in [6.45, 7) is 4.66.